The Morgan fingerprint density at radius 3 is 2.02 bits per heavy atom. The van der Waals surface area contributed by atoms with Gasteiger partial charge in [0.1, 0.15) is 0 Å². The fourth-order valence-electron chi connectivity index (χ4n) is 9.49. The molecule has 1 spiro atoms. The van der Waals surface area contributed by atoms with Crippen molar-refractivity contribution in [3.8, 4) is 22.5 Å². The molecule has 4 heteroatoms. The second-order valence-electron chi connectivity index (χ2n) is 16.2. The number of aryl methyl sites for hydroxylation is 1. The molecule has 0 bridgehead atoms. The molecule has 3 nitrogen and oxygen atoms in total. The van der Waals surface area contributed by atoms with E-state index in [9.17, 15) is 2.74 Å². The number of benzene rings is 6. The standard InChI is InChI=1S/C49H42GeN2O/c1-29(2)25-31-26-44-46-42(49(51(44)27-30(31)3)41-18-12-11-17-40(41)43-24-19-32(28-52(43)49)50(4,5)6)23-22-39-38-21-20-37-35-15-8-7-13-33(35)34-14-9-10-16-36(34)45(37)47(38)53-48(39)46/h7-24,26-29H,25H2,1-6H3/q+2/i3D3,25D2. The molecule has 1 unspecified atom stereocenters. The van der Waals surface area contributed by atoms with Gasteiger partial charge in [-0.05, 0) is 5.39 Å². The van der Waals surface area contributed by atoms with Crippen LogP contribution in [0.15, 0.2) is 132 Å². The number of rotatable bonds is 3. The molecule has 9 aromatic rings. The molecule has 3 aromatic heterocycles. The maximum atomic E-state index is 9.39. The van der Waals surface area contributed by atoms with E-state index in [1.807, 2.05) is 19.9 Å². The predicted molar refractivity (Wildman–Crippen MR) is 222 cm³/mol. The first-order chi connectivity index (χ1) is 27.6. The van der Waals surface area contributed by atoms with E-state index in [1.54, 1.807) is 6.20 Å². The van der Waals surface area contributed by atoms with Crippen molar-refractivity contribution in [3.05, 3.63) is 150 Å². The van der Waals surface area contributed by atoms with Crippen LogP contribution in [0.2, 0.25) is 17.3 Å². The summed E-state index contributed by atoms with van der Waals surface area (Å²) in [5, 5.41) is 8.77. The molecule has 11 rings (SSSR count). The number of pyridine rings is 2. The van der Waals surface area contributed by atoms with E-state index in [0.29, 0.717) is 5.58 Å². The summed E-state index contributed by atoms with van der Waals surface area (Å²) in [6.07, 6.45) is 2.12. The van der Waals surface area contributed by atoms with Gasteiger partial charge >= 0.3 is 273 Å². The summed E-state index contributed by atoms with van der Waals surface area (Å²) in [4.78, 5) is 0. The van der Waals surface area contributed by atoms with Crippen LogP contribution in [-0.4, -0.2) is 13.3 Å². The molecule has 5 heterocycles. The maximum absolute atomic E-state index is 9.39. The first-order valence-corrected chi connectivity index (χ1v) is 26.0. The zero-order valence-corrected chi connectivity index (χ0v) is 32.6. The summed E-state index contributed by atoms with van der Waals surface area (Å²) in [6.45, 7) is 1.05. The third-order valence-corrected chi connectivity index (χ3v) is 16.0. The third-order valence-electron chi connectivity index (χ3n) is 11.8. The van der Waals surface area contributed by atoms with E-state index in [2.05, 4.69) is 142 Å². The first kappa shape index (κ1) is 26.5. The van der Waals surface area contributed by atoms with E-state index < -0.39 is 38.1 Å². The number of fused-ring (bicyclic) bond motifs is 21. The summed E-state index contributed by atoms with van der Waals surface area (Å²) < 4.78 is 58.5. The molecule has 0 radical (unpaired) electrons. The van der Waals surface area contributed by atoms with Crippen molar-refractivity contribution in [2.45, 2.75) is 50.0 Å². The Balaban J connectivity index is 1.35. The van der Waals surface area contributed by atoms with E-state index in [4.69, 9.17) is 8.53 Å². The quantitative estimate of drug-likeness (QED) is 0.100. The van der Waals surface area contributed by atoms with Crippen LogP contribution in [-0.2, 0) is 12.0 Å². The van der Waals surface area contributed by atoms with Crippen LogP contribution in [0.25, 0.3) is 76.8 Å². The van der Waals surface area contributed by atoms with Gasteiger partial charge in [-0.15, -0.1) is 0 Å². The average molecular weight is 753 g/mol. The van der Waals surface area contributed by atoms with Crippen LogP contribution in [0.1, 0.15) is 43.0 Å². The fourth-order valence-corrected chi connectivity index (χ4v) is 11.8. The van der Waals surface area contributed by atoms with Crippen molar-refractivity contribution < 1.29 is 20.4 Å². The minimum atomic E-state index is -2.58. The second-order valence-corrected chi connectivity index (χ2v) is 26.9. The molecule has 0 N–H and O–H groups in total. The molecular weight excluding hydrogens is 705 g/mol. The fraction of sp³-hybridized carbons (Fsp3) is 0.184. The molecule has 53 heavy (non-hydrogen) atoms. The van der Waals surface area contributed by atoms with E-state index in [0.717, 1.165) is 76.9 Å². The predicted octanol–water partition coefficient (Wildman–Crippen LogP) is 10.9. The van der Waals surface area contributed by atoms with Gasteiger partial charge in [0.2, 0.25) is 0 Å². The van der Waals surface area contributed by atoms with E-state index in [-0.39, 0.29) is 11.1 Å². The Hall–Kier alpha value is -5.26. The molecule has 0 amide bonds. The third kappa shape index (κ3) is 4.01. The van der Waals surface area contributed by atoms with Gasteiger partial charge in [0.25, 0.3) is 0 Å². The van der Waals surface area contributed by atoms with Crippen molar-refractivity contribution in [2.24, 2.45) is 5.92 Å². The number of aromatic nitrogens is 2. The van der Waals surface area contributed by atoms with Crippen molar-refractivity contribution >= 4 is 71.9 Å². The summed E-state index contributed by atoms with van der Waals surface area (Å²) in [6, 6.07) is 40.6. The average Bonchev–Trinajstić information content (AvgIpc) is 3.83. The Kier molecular flexibility index (Phi) is 5.33. The van der Waals surface area contributed by atoms with Gasteiger partial charge in [-0.3, -0.25) is 0 Å². The topological polar surface area (TPSA) is 20.9 Å². The van der Waals surface area contributed by atoms with Gasteiger partial charge in [0, 0.05) is 0 Å². The van der Waals surface area contributed by atoms with Crippen LogP contribution in [0.5, 0.6) is 0 Å². The normalized spacial score (nSPS) is 18.0. The summed E-state index contributed by atoms with van der Waals surface area (Å²) in [5.74, 6) is 6.70. The van der Waals surface area contributed by atoms with Gasteiger partial charge in [-0.25, -0.2) is 0 Å². The molecule has 1 atom stereocenters. The van der Waals surface area contributed by atoms with Crippen LogP contribution >= 0.6 is 0 Å². The number of furan rings is 1. The van der Waals surface area contributed by atoms with Crippen molar-refractivity contribution in [2.75, 3.05) is 0 Å². The van der Waals surface area contributed by atoms with Gasteiger partial charge in [0.15, 0.2) is 0 Å². The van der Waals surface area contributed by atoms with Gasteiger partial charge < -0.3 is 0 Å². The summed E-state index contributed by atoms with van der Waals surface area (Å²) >= 11 is -2.42. The molecule has 2 aliphatic rings. The number of hydrogen-bond acceptors (Lipinski definition) is 1. The SMILES string of the molecule is [2H]C([2H])([2H])c1c[n+]2c(cc1C([2H])([2H])C(C)C)-c1c(ccc3c1oc1c3ccc3c4ccccc4c4ccccc4c31)C21c2ccccc2-c2cc[c]([Ge]([CH3])([CH3])[CH3])c[n+]21. The zero-order valence-electron chi connectivity index (χ0n) is 35.5. The molecule has 256 valence electrons. The van der Waals surface area contributed by atoms with Crippen molar-refractivity contribution in [1.29, 1.82) is 0 Å². The van der Waals surface area contributed by atoms with E-state index >= 15 is 0 Å². The van der Waals surface area contributed by atoms with Crippen molar-refractivity contribution in [3.63, 3.8) is 0 Å². The molecule has 2 aliphatic heterocycles. The molecule has 0 saturated carbocycles. The summed E-state index contributed by atoms with van der Waals surface area (Å²) in [5.41, 5.74) is 6.39. The van der Waals surface area contributed by atoms with Gasteiger partial charge in [0.05, 0.1) is 0 Å². The van der Waals surface area contributed by atoms with Crippen LogP contribution in [0, 0.1) is 12.8 Å². The van der Waals surface area contributed by atoms with Crippen LogP contribution in [0.3, 0.4) is 0 Å². The monoisotopic (exact) mass is 753 g/mol. The Morgan fingerprint density at radius 2 is 1.28 bits per heavy atom. The Morgan fingerprint density at radius 1 is 0.660 bits per heavy atom. The molecule has 0 fully saturated rings. The Bertz CT molecular complexity index is 3250. The number of hydrogen-bond donors (Lipinski definition) is 0. The van der Waals surface area contributed by atoms with Gasteiger partial charge in [-0.1, -0.05) is 42.5 Å². The molecule has 0 aliphatic carbocycles. The Labute approximate surface area is 319 Å². The van der Waals surface area contributed by atoms with Crippen LogP contribution in [0.4, 0.5) is 0 Å². The first-order valence-electron chi connectivity index (χ1n) is 21.1. The van der Waals surface area contributed by atoms with Crippen molar-refractivity contribution in [1.82, 2.24) is 0 Å². The van der Waals surface area contributed by atoms with Gasteiger partial charge in [-0.2, -0.15) is 0 Å². The van der Waals surface area contributed by atoms with Crippen LogP contribution < -0.4 is 13.5 Å². The zero-order chi connectivity index (χ0) is 40.3. The second kappa shape index (κ2) is 10.7. The minimum absolute atomic E-state index is 0.0171. The molecule has 6 aromatic carbocycles. The molecular formula is C49H42GeN2O+2. The summed E-state index contributed by atoms with van der Waals surface area (Å²) in [7, 11) is 0. The number of nitrogens with zero attached hydrogens (tertiary/aromatic N) is 2. The molecule has 0 saturated heterocycles. The van der Waals surface area contributed by atoms with E-state index in [1.165, 1.54) is 9.78 Å².